The van der Waals surface area contributed by atoms with Crippen molar-refractivity contribution in [1.29, 1.82) is 0 Å². The molecule has 0 amide bonds. The molecule has 0 spiro atoms. The number of nitrogens with zero attached hydrogens (tertiary/aromatic N) is 1. The summed E-state index contributed by atoms with van der Waals surface area (Å²) in [5.74, 6) is -0.436. The molecule has 1 rings (SSSR count). The van der Waals surface area contributed by atoms with E-state index in [4.69, 9.17) is 4.52 Å². The van der Waals surface area contributed by atoms with Crippen LogP contribution < -0.4 is 9.42 Å². The maximum atomic E-state index is 12.6. The van der Waals surface area contributed by atoms with Crippen LogP contribution in [0.4, 0.5) is 4.39 Å². The van der Waals surface area contributed by atoms with Crippen LogP contribution in [0.25, 0.3) is 0 Å². The first-order chi connectivity index (χ1) is 8.18. The first kappa shape index (κ1) is 15.1. The van der Waals surface area contributed by atoms with Crippen LogP contribution >= 0.6 is 7.82 Å². The highest BCUT2D eigenvalue weighted by molar-refractivity contribution is 7.46. The summed E-state index contributed by atoms with van der Waals surface area (Å²) in [5.41, 5.74) is 0. The molecule has 7 heteroatoms. The molecule has 0 heterocycles. The summed E-state index contributed by atoms with van der Waals surface area (Å²) in [6.45, 7) is 0.560. The van der Waals surface area contributed by atoms with Crippen LogP contribution in [0.15, 0.2) is 24.3 Å². The largest absolute Gasteiger partial charge is 0.746 e. The van der Waals surface area contributed by atoms with E-state index in [1.54, 1.807) is 0 Å². The van der Waals surface area contributed by atoms with Crippen LogP contribution in [0.2, 0.25) is 0 Å². The number of phosphoric acid groups is 1. The topological polar surface area (TPSA) is 58.6 Å². The Hall–Kier alpha value is -0.940. The predicted molar refractivity (Wildman–Crippen MR) is 63.5 cm³/mol. The lowest BCUT2D eigenvalue weighted by Gasteiger charge is -2.27. The van der Waals surface area contributed by atoms with Crippen molar-refractivity contribution in [3.63, 3.8) is 0 Å². The molecule has 0 aliphatic rings. The lowest BCUT2D eigenvalue weighted by molar-refractivity contribution is -0.870. The molecule has 5 nitrogen and oxygen atoms in total. The average molecular weight is 277 g/mol. The van der Waals surface area contributed by atoms with E-state index in [9.17, 15) is 13.8 Å². The second kappa shape index (κ2) is 5.80. The minimum Gasteiger partial charge on any atom is -0.746 e. The molecule has 1 aromatic carbocycles. The zero-order chi connectivity index (χ0) is 13.8. The third-order valence-corrected chi connectivity index (χ3v) is 2.98. The van der Waals surface area contributed by atoms with Gasteiger partial charge in [0, 0.05) is 0 Å². The molecule has 0 aliphatic heterocycles. The Kier molecular flexibility index (Phi) is 4.87. The van der Waals surface area contributed by atoms with Crippen molar-refractivity contribution < 1.29 is 27.4 Å². The number of likely N-dealkylation sites (N-methyl/N-ethyl adjacent to an activating group) is 1. The predicted octanol–water partition coefficient (Wildman–Crippen LogP) is 1.40. The Bertz CT molecular complexity index is 430. The minimum atomic E-state index is -4.40. The number of rotatable bonds is 6. The number of benzene rings is 1. The van der Waals surface area contributed by atoms with Gasteiger partial charge < -0.3 is 18.4 Å². The summed E-state index contributed by atoms with van der Waals surface area (Å²) in [6, 6.07) is 4.68. The molecule has 0 saturated carbocycles. The van der Waals surface area contributed by atoms with Gasteiger partial charge in [-0.2, -0.15) is 0 Å². The standard InChI is InChI=1S/C11H17FNO4P/c1-13(2,3)8-9-16-18(14,15)17-11-6-4-10(12)5-7-11/h4-7H,8-9H2,1-3H3. The van der Waals surface area contributed by atoms with E-state index >= 15 is 0 Å². The first-order valence-corrected chi connectivity index (χ1v) is 6.85. The van der Waals surface area contributed by atoms with E-state index < -0.39 is 13.6 Å². The molecule has 0 aliphatic carbocycles. The fourth-order valence-electron chi connectivity index (χ4n) is 1.08. The molecular weight excluding hydrogens is 260 g/mol. The van der Waals surface area contributed by atoms with Gasteiger partial charge in [-0.15, -0.1) is 0 Å². The van der Waals surface area contributed by atoms with Crippen LogP contribution in [0, 0.1) is 5.82 Å². The second-order valence-electron chi connectivity index (χ2n) is 4.84. The van der Waals surface area contributed by atoms with Crippen LogP contribution in [-0.4, -0.2) is 38.8 Å². The SMILES string of the molecule is C[N+](C)(C)CCOP(=O)([O-])Oc1ccc(F)cc1. The van der Waals surface area contributed by atoms with Crippen LogP contribution in [0.1, 0.15) is 0 Å². The van der Waals surface area contributed by atoms with Crippen molar-refractivity contribution in [1.82, 2.24) is 0 Å². The first-order valence-electron chi connectivity index (χ1n) is 5.39. The smallest absolute Gasteiger partial charge is 0.319 e. The van der Waals surface area contributed by atoms with Crippen molar-refractivity contribution in [2.24, 2.45) is 0 Å². The van der Waals surface area contributed by atoms with Gasteiger partial charge in [0.1, 0.15) is 24.7 Å². The maximum Gasteiger partial charge on any atom is 0.319 e. The summed E-state index contributed by atoms with van der Waals surface area (Å²) in [6.07, 6.45) is 0. The number of quaternary nitrogens is 1. The normalized spacial score (nSPS) is 15.2. The number of phosphoric ester groups is 1. The van der Waals surface area contributed by atoms with E-state index in [1.165, 1.54) is 12.1 Å². The van der Waals surface area contributed by atoms with Crippen molar-refractivity contribution in [3.8, 4) is 5.75 Å². The van der Waals surface area contributed by atoms with Gasteiger partial charge in [0.15, 0.2) is 0 Å². The van der Waals surface area contributed by atoms with Gasteiger partial charge in [0.05, 0.1) is 21.1 Å². The lowest BCUT2D eigenvalue weighted by atomic mass is 10.3. The monoisotopic (exact) mass is 277 g/mol. The van der Waals surface area contributed by atoms with Gasteiger partial charge in [-0.3, -0.25) is 4.57 Å². The van der Waals surface area contributed by atoms with E-state index in [0.29, 0.717) is 11.0 Å². The van der Waals surface area contributed by atoms with Crippen LogP contribution in [-0.2, 0) is 9.09 Å². The Balaban J connectivity index is 2.49. The third kappa shape index (κ3) is 6.12. The molecule has 1 atom stereocenters. The third-order valence-electron chi connectivity index (χ3n) is 2.04. The maximum absolute atomic E-state index is 12.6. The summed E-state index contributed by atoms with van der Waals surface area (Å²) in [7, 11) is 1.35. The summed E-state index contributed by atoms with van der Waals surface area (Å²) < 4.78 is 34.0. The Labute approximate surface area is 106 Å². The number of hydrogen-bond acceptors (Lipinski definition) is 4. The number of hydrogen-bond donors (Lipinski definition) is 0. The quantitative estimate of drug-likeness (QED) is 0.582. The fourth-order valence-corrected chi connectivity index (χ4v) is 1.82. The minimum absolute atomic E-state index is 0.0278. The van der Waals surface area contributed by atoms with Gasteiger partial charge in [0.2, 0.25) is 0 Å². The van der Waals surface area contributed by atoms with Crippen molar-refractivity contribution >= 4 is 7.82 Å². The molecule has 0 radical (unpaired) electrons. The van der Waals surface area contributed by atoms with Gasteiger partial charge in [-0.25, -0.2) is 4.39 Å². The Morgan fingerprint density at radius 1 is 1.28 bits per heavy atom. The molecule has 1 aromatic rings. The van der Waals surface area contributed by atoms with Crippen LogP contribution in [0.5, 0.6) is 5.75 Å². The van der Waals surface area contributed by atoms with E-state index in [0.717, 1.165) is 12.1 Å². The molecule has 0 aromatic heterocycles. The molecule has 18 heavy (non-hydrogen) atoms. The van der Waals surface area contributed by atoms with Gasteiger partial charge in [-0.05, 0) is 24.3 Å². The van der Waals surface area contributed by atoms with E-state index in [2.05, 4.69) is 4.52 Å². The van der Waals surface area contributed by atoms with Crippen molar-refractivity contribution in [2.75, 3.05) is 34.3 Å². The fraction of sp³-hybridized carbons (Fsp3) is 0.455. The highest BCUT2D eigenvalue weighted by Gasteiger charge is 2.14. The van der Waals surface area contributed by atoms with Gasteiger partial charge in [0.25, 0.3) is 0 Å². The summed E-state index contributed by atoms with van der Waals surface area (Å²) >= 11 is 0. The Morgan fingerprint density at radius 3 is 2.33 bits per heavy atom. The highest BCUT2D eigenvalue weighted by atomic mass is 31.2. The molecule has 0 bridgehead atoms. The molecule has 0 N–H and O–H groups in total. The number of halogens is 1. The van der Waals surface area contributed by atoms with Gasteiger partial charge in [-0.1, -0.05) is 0 Å². The van der Waals surface area contributed by atoms with Crippen molar-refractivity contribution in [3.05, 3.63) is 30.1 Å². The second-order valence-corrected chi connectivity index (χ2v) is 6.17. The zero-order valence-corrected chi connectivity index (χ0v) is 11.5. The molecular formula is C11H17FNO4P. The lowest BCUT2D eigenvalue weighted by Crippen LogP contribution is -2.37. The summed E-state index contributed by atoms with van der Waals surface area (Å²) in [4.78, 5) is 11.5. The average Bonchev–Trinajstić information content (AvgIpc) is 2.18. The molecule has 0 fully saturated rings. The Morgan fingerprint density at radius 2 is 1.83 bits per heavy atom. The molecule has 0 saturated heterocycles. The van der Waals surface area contributed by atoms with E-state index in [1.807, 2.05) is 21.1 Å². The summed E-state index contributed by atoms with van der Waals surface area (Å²) in [5, 5.41) is 0. The highest BCUT2D eigenvalue weighted by Crippen LogP contribution is 2.39. The van der Waals surface area contributed by atoms with Gasteiger partial charge >= 0.3 is 7.82 Å². The molecule has 1 unspecified atom stereocenters. The van der Waals surface area contributed by atoms with Crippen molar-refractivity contribution in [2.45, 2.75) is 0 Å². The van der Waals surface area contributed by atoms with E-state index in [-0.39, 0.29) is 12.4 Å². The van der Waals surface area contributed by atoms with Crippen LogP contribution in [0.3, 0.4) is 0 Å². The molecule has 102 valence electrons. The zero-order valence-electron chi connectivity index (χ0n) is 10.6.